The Labute approximate surface area is 111 Å². The van der Waals surface area contributed by atoms with E-state index in [4.69, 9.17) is 4.74 Å². The van der Waals surface area contributed by atoms with Gasteiger partial charge >= 0.3 is 0 Å². The Morgan fingerprint density at radius 3 is 2.50 bits per heavy atom. The highest BCUT2D eigenvalue weighted by Crippen LogP contribution is 2.14. The minimum Gasteiger partial charge on any atom is -0.383 e. The lowest BCUT2D eigenvalue weighted by Gasteiger charge is -2.23. The molecule has 0 fully saturated rings. The lowest BCUT2D eigenvalue weighted by atomic mass is 10.2. The fourth-order valence-electron chi connectivity index (χ4n) is 1.92. The Hall–Kier alpha value is -1.06. The molecule has 1 aromatic carbocycles. The average Bonchev–Trinajstić information content (AvgIpc) is 2.39. The van der Waals surface area contributed by atoms with Crippen LogP contribution in [0.5, 0.6) is 0 Å². The van der Waals surface area contributed by atoms with Crippen molar-refractivity contribution >= 4 is 5.69 Å². The van der Waals surface area contributed by atoms with Crippen molar-refractivity contribution in [2.45, 2.75) is 20.3 Å². The van der Waals surface area contributed by atoms with Gasteiger partial charge in [0, 0.05) is 32.4 Å². The van der Waals surface area contributed by atoms with Crippen LogP contribution in [0.3, 0.4) is 0 Å². The van der Waals surface area contributed by atoms with Gasteiger partial charge in [0.2, 0.25) is 0 Å². The molecule has 0 saturated carbocycles. The van der Waals surface area contributed by atoms with Crippen LogP contribution in [0.25, 0.3) is 0 Å². The Morgan fingerprint density at radius 1 is 1.17 bits per heavy atom. The van der Waals surface area contributed by atoms with Crippen molar-refractivity contribution in [2.24, 2.45) is 0 Å². The first-order valence-electron chi connectivity index (χ1n) is 6.79. The number of nitrogens with one attached hydrogen (secondary N) is 1. The van der Waals surface area contributed by atoms with E-state index in [1.54, 1.807) is 7.11 Å². The van der Waals surface area contributed by atoms with Crippen LogP contribution in [0, 0.1) is 6.92 Å². The Kier molecular flexibility index (Phi) is 7.46. The number of hydrogen-bond donors (Lipinski definition) is 1. The molecule has 0 aliphatic heterocycles. The van der Waals surface area contributed by atoms with Gasteiger partial charge in [0.1, 0.15) is 0 Å². The van der Waals surface area contributed by atoms with E-state index in [1.807, 2.05) is 0 Å². The van der Waals surface area contributed by atoms with Crippen molar-refractivity contribution in [1.29, 1.82) is 0 Å². The largest absolute Gasteiger partial charge is 0.383 e. The molecule has 0 aliphatic carbocycles. The molecule has 0 bridgehead atoms. The number of rotatable bonds is 9. The van der Waals surface area contributed by atoms with Gasteiger partial charge < -0.3 is 15.0 Å². The summed E-state index contributed by atoms with van der Waals surface area (Å²) in [7, 11) is 1.73. The summed E-state index contributed by atoms with van der Waals surface area (Å²) in [5, 5.41) is 3.37. The molecule has 0 spiro atoms. The van der Waals surface area contributed by atoms with Gasteiger partial charge in [-0.2, -0.15) is 0 Å². The van der Waals surface area contributed by atoms with Crippen molar-refractivity contribution in [1.82, 2.24) is 5.32 Å². The van der Waals surface area contributed by atoms with Crippen LogP contribution < -0.4 is 10.2 Å². The van der Waals surface area contributed by atoms with Crippen molar-refractivity contribution in [3.63, 3.8) is 0 Å². The highest BCUT2D eigenvalue weighted by atomic mass is 16.5. The summed E-state index contributed by atoms with van der Waals surface area (Å²) in [5.41, 5.74) is 2.64. The minimum absolute atomic E-state index is 0.787. The van der Waals surface area contributed by atoms with E-state index < -0.39 is 0 Å². The molecule has 18 heavy (non-hydrogen) atoms. The van der Waals surface area contributed by atoms with Crippen molar-refractivity contribution < 1.29 is 4.74 Å². The molecule has 0 amide bonds. The van der Waals surface area contributed by atoms with Crippen LogP contribution >= 0.6 is 0 Å². The van der Waals surface area contributed by atoms with Crippen LogP contribution in [-0.4, -0.2) is 39.9 Å². The first-order chi connectivity index (χ1) is 8.77. The van der Waals surface area contributed by atoms with Crippen LogP contribution in [0.1, 0.15) is 18.9 Å². The maximum atomic E-state index is 5.00. The Balaban J connectivity index is 2.27. The standard InChI is InChI=1S/C15H26N2O/c1-4-17(12-5-10-16-11-13-18-3)15-8-6-14(2)7-9-15/h6-9,16H,4-5,10-13H2,1-3H3. The number of aryl methyl sites for hydroxylation is 1. The summed E-state index contributed by atoms with van der Waals surface area (Å²) < 4.78 is 5.00. The van der Waals surface area contributed by atoms with Crippen LogP contribution in [0.2, 0.25) is 0 Å². The predicted octanol–water partition coefficient (Wildman–Crippen LogP) is 2.45. The summed E-state index contributed by atoms with van der Waals surface area (Å²) in [6.45, 7) is 9.26. The van der Waals surface area contributed by atoms with E-state index in [0.717, 1.165) is 39.2 Å². The van der Waals surface area contributed by atoms with E-state index >= 15 is 0 Å². The molecule has 0 atom stereocenters. The summed E-state index contributed by atoms with van der Waals surface area (Å²) in [4.78, 5) is 2.41. The number of ether oxygens (including phenoxy) is 1. The van der Waals surface area contributed by atoms with Crippen molar-refractivity contribution in [3.8, 4) is 0 Å². The Morgan fingerprint density at radius 2 is 1.89 bits per heavy atom. The molecular weight excluding hydrogens is 224 g/mol. The number of hydrogen-bond acceptors (Lipinski definition) is 3. The monoisotopic (exact) mass is 250 g/mol. The molecule has 1 rings (SSSR count). The van der Waals surface area contributed by atoms with E-state index in [-0.39, 0.29) is 0 Å². The van der Waals surface area contributed by atoms with Gasteiger partial charge in [-0.15, -0.1) is 0 Å². The molecule has 0 aliphatic rings. The molecule has 1 N–H and O–H groups in total. The smallest absolute Gasteiger partial charge is 0.0587 e. The number of anilines is 1. The summed E-state index contributed by atoms with van der Waals surface area (Å²) in [6.07, 6.45) is 1.16. The van der Waals surface area contributed by atoms with E-state index in [1.165, 1.54) is 11.3 Å². The van der Waals surface area contributed by atoms with Crippen molar-refractivity contribution in [2.75, 3.05) is 44.8 Å². The highest BCUT2D eigenvalue weighted by Gasteiger charge is 2.02. The lowest BCUT2D eigenvalue weighted by Crippen LogP contribution is -2.28. The van der Waals surface area contributed by atoms with Gasteiger partial charge in [0.05, 0.1) is 6.61 Å². The van der Waals surface area contributed by atoms with Gasteiger partial charge in [-0.1, -0.05) is 17.7 Å². The van der Waals surface area contributed by atoms with Gasteiger partial charge in [-0.05, 0) is 38.9 Å². The number of benzene rings is 1. The zero-order valence-electron chi connectivity index (χ0n) is 11.9. The molecule has 0 heterocycles. The van der Waals surface area contributed by atoms with E-state index in [2.05, 4.69) is 48.3 Å². The minimum atomic E-state index is 0.787. The third kappa shape index (κ3) is 5.52. The fraction of sp³-hybridized carbons (Fsp3) is 0.600. The zero-order chi connectivity index (χ0) is 13.2. The van der Waals surface area contributed by atoms with Crippen LogP contribution in [-0.2, 0) is 4.74 Å². The van der Waals surface area contributed by atoms with Crippen molar-refractivity contribution in [3.05, 3.63) is 29.8 Å². The van der Waals surface area contributed by atoms with Crippen LogP contribution in [0.4, 0.5) is 5.69 Å². The average molecular weight is 250 g/mol. The van der Waals surface area contributed by atoms with E-state index in [9.17, 15) is 0 Å². The second-order valence-corrected chi connectivity index (χ2v) is 4.51. The summed E-state index contributed by atoms with van der Waals surface area (Å²) >= 11 is 0. The summed E-state index contributed by atoms with van der Waals surface area (Å²) in [6, 6.07) is 8.76. The van der Waals surface area contributed by atoms with Gasteiger partial charge in [-0.3, -0.25) is 0 Å². The number of nitrogens with zero attached hydrogens (tertiary/aromatic N) is 1. The van der Waals surface area contributed by atoms with Gasteiger partial charge in [0.15, 0.2) is 0 Å². The second-order valence-electron chi connectivity index (χ2n) is 4.51. The predicted molar refractivity (Wildman–Crippen MR) is 78.4 cm³/mol. The molecule has 3 heteroatoms. The molecule has 102 valence electrons. The maximum Gasteiger partial charge on any atom is 0.0587 e. The lowest BCUT2D eigenvalue weighted by molar-refractivity contribution is 0.199. The molecule has 1 aromatic rings. The van der Waals surface area contributed by atoms with E-state index in [0.29, 0.717) is 0 Å². The third-order valence-electron chi connectivity index (χ3n) is 3.05. The first-order valence-corrected chi connectivity index (χ1v) is 6.79. The SMILES string of the molecule is CCN(CCCNCCOC)c1ccc(C)cc1. The number of methoxy groups -OCH3 is 1. The van der Waals surface area contributed by atoms with Gasteiger partial charge in [-0.25, -0.2) is 0 Å². The molecule has 0 aromatic heterocycles. The maximum absolute atomic E-state index is 5.00. The zero-order valence-corrected chi connectivity index (χ0v) is 11.9. The van der Waals surface area contributed by atoms with Gasteiger partial charge in [0.25, 0.3) is 0 Å². The normalized spacial score (nSPS) is 10.6. The second kappa shape index (κ2) is 8.95. The topological polar surface area (TPSA) is 24.5 Å². The first kappa shape index (κ1) is 15.0. The molecule has 0 saturated heterocycles. The molecule has 3 nitrogen and oxygen atoms in total. The molecule has 0 radical (unpaired) electrons. The third-order valence-corrected chi connectivity index (χ3v) is 3.05. The highest BCUT2D eigenvalue weighted by molar-refractivity contribution is 5.47. The fourth-order valence-corrected chi connectivity index (χ4v) is 1.92. The molecule has 0 unspecified atom stereocenters. The molecular formula is C15H26N2O. The van der Waals surface area contributed by atoms with Crippen LogP contribution in [0.15, 0.2) is 24.3 Å². The Bertz CT molecular complexity index is 311. The summed E-state index contributed by atoms with van der Waals surface area (Å²) in [5.74, 6) is 0. The quantitative estimate of drug-likeness (QED) is 0.681.